The number of nitrogens with zero attached hydrogens (tertiary/aromatic N) is 3. The molecule has 2 N–H and O–H groups in total. The molecule has 0 unspecified atom stereocenters. The van der Waals surface area contributed by atoms with E-state index in [1.807, 2.05) is 44.3 Å². The SMILES string of the molecule is Cc1c(NC(=O)c2cn(C)cn2)n[nH]c1-c1ccccc1. The van der Waals surface area contributed by atoms with Crippen LogP contribution in [0, 0.1) is 6.92 Å². The third-order valence-electron chi connectivity index (χ3n) is 3.24. The molecule has 0 aliphatic heterocycles. The van der Waals surface area contributed by atoms with Crippen LogP contribution in [0.2, 0.25) is 0 Å². The standard InChI is InChI=1S/C15H15N5O/c1-10-13(11-6-4-3-5-7-11)18-19-14(10)17-15(21)12-8-20(2)9-16-12/h3-9H,1-2H3,(H2,17,18,19,21). The van der Waals surface area contributed by atoms with Gasteiger partial charge in [-0.05, 0) is 12.5 Å². The van der Waals surface area contributed by atoms with Gasteiger partial charge in [0.15, 0.2) is 5.82 Å². The van der Waals surface area contributed by atoms with E-state index >= 15 is 0 Å². The van der Waals surface area contributed by atoms with E-state index in [1.165, 1.54) is 0 Å². The Morgan fingerprint density at radius 2 is 2.05 bits per heavy atom. The first-order valence-electron chi connectivity index (χ1n) is 6.55. The van der Waals surface area contributed by atoms with E-state index in [2.05, 4.69) is 20.5 Å². The second-order valence-electron chi connectivity index (χ2n) is 4.82. The first-order chi connectivity index (χ1) is 10.1. The fraction of sp³-hybridized carbons (Fsp3) is 0.133. The van der Waals surface area contributed by atoms with Crippen LogP contribution in [0.4, 0.5) is 5.82 Å². The molecule has 21 heavy (non-hydrogen) atoms. The second kappa shape index (κ2) is 5.24. The van der Waals surface area contributed by atoms with Crippen molar-refractivity contribution in [2.24, 2.45) is 7.05 Å². The number of carbonyl (C=O) groups is 1. The number of anilines is 1. The molecular formula is C15H15N5O. The van der Waals surface area contributed by atoms with Crippen LogP contribution in [0.3, 0.4) is 0 Å². The first-order valence-corrected chi connectivity index (χ1v) is 6.55. The largest absolute Gasteiger partial charge is 0.340 e. The molecule has 2 heterocycles. The molecule has 1 aromatic carbocycles. The Bertz CT molecular complexity index is 772. The minimum Gasteiger partial charge on any atom is -0.340 e. The van der Waals surface area contributed by atoms with Crippen molar-refractivity contribution in [1.82, 2.24) is 19.7 Å². The number of benzene rings is 1. The Kier molecular flexibility index (Phi) is 3.27. The van der Waals surface area contributed by atoms with Gasteiger partial charge in [0.2, 0.25) is 0 Å². The van der Waals surface area contributed by atoms with Crippen molar-refractivity contribution < 1.29 is 4.79 Å². The summed E-state index contributed by atoms with van der Waals surface area (Å²) in [5, 5.41) is 9.91. The number of aryl methyl sites for hydroxylation is 1. The van der Waals surface area contributed by atoms with Gasteiger partial charge in [0, 0.05) is 18.8 Å². The highest BCUT2D eigenvalue weighted by Crippen LogP contribution is 2.25. The molecule has 0 saturated heterocycles. The molecule has 6 nitrogen and oxygen atoms in total. The summed E-state index contributed by atoms with van der Waals surface area (Å²) >= 11 is 0. The number of hydrogen-bond donors (Lipinski definition) is 2. The highest BCUT2D eigenvalue weighted by molar-refractivity contribution is 6.02. The van der Waals surface area contributed by atoms with Crippen molar-refractivity contribution in [3.05, 3.63) is 54.1 Å². The lowest BCUT2D eigenvalue weighted by atomic mass is 10.1. The molecular weight excluding hydrogens is 266 g/mol. The van der Waals surface area contributed by atoms with Gasteiger partial charge in [-0.3, -0.25) is 9.89 Å². The number of imidazole rings is 1. The highest BCUT2D eigenvalue weighted by atomic mass is 16.2. The summed E-state index contributed by atoms with van der Waals surface area (Å²) in [6.07, 6.45) is 3.25. The summed E-state index contributed by atoms with van der Waals surface area (Å²) < 4.78 is 1.72. The summed E-state index contributed by atoms with van der Waals surface area (Å²) in [4.78, 5) is 16.1. The van der Waals surface area contributed by atoms with Crippen molar-refractivity contribution in [3.63, 3.8) is 0 Å². The Labute approximate surface area is 121 Å². The predicted molar refractivity (Wildman–Crippen MR) is 79.9 cm³/mol. The van der Waals surface area contributed by atoms with E-state index in [1.54, 1.807) is 17.1 Å². The van der Waals surface area contributed by atoms with E-state index in [9.17, 15) is 4.79 Å². The van der Waals surface area contributed by atoms with Crippen molar-refractivity contribution in [1.29, 1.82) is 0 Å². The fourth-order valence-corrected chi connectivity index (χ4v) is 2.11. The number of nitrogens with one attached hydrogen (secondary N) is 2. The molecule has 2 aromatic heterocycles. The van der Waals surface area contributed by atoms with E-state index in [0.29, 0.717) is 11.5 Å². The van der Waals surface area contributed by atoms with Gasteiger partial charge in [-0.1, -0.05) is 30.3 Å². The van der Waals surface area contributed by atoms with Crippen LogP contribution in [0.1, 0.15) is 16.1 Å². The lowest BCUT2D eigenvalue weighted by Gasteiger charge is -2.02. The monoisotopic (exact) mass is 281 g/mol. The molecule has 0 aliphatic rings. The molecule has 0 spiro atoms. The molecule has 0 fully saturated rings. The zero-order chi connectivity index (χ0) is 14.8. The third kappa shape index (κ3) is 2.55. The zero-order valence-corrected chi connectivity index (χ0v) is 11.8. The molecule has 3 rings (SSSR count). The first kappa shape index (κ1) is 13.1. The number of rotatable bonds is 3. The fourth-order valence-electron chi connectivity index (χ4n) is 2.11. The molecule has 0 aliphatic carbocycles. The van der Waals surface area contributed by atoms with Gasteiger partial charge in [-0.15, -0.1) is 0 Å². The van der Waals surface area contributed by atoms with Gasteiger partial charge in [-0.2, -0.15) is 5.10 Å². The molecule has 0 bridgehead atoms. The van der Waals surface area contributed by atoms with Crippen molar-refractivity contribution in [3.8, 4) is 11.3 Å². The van der Waals surface area contributed by atoms with E-state index in [4.69, 9.17) is 0 Å². The van der Waals surface area contributed by atoms with E-state index < -0.39 is 0 Å². The summed E-state index contributed by atoms with van der Waals surface area (Å²) in [6.45, 7) is 1.92. The van der Waals surface area contributed by atoms with Crippen LogP contribution >= 0.6 is 0 Å². The molecule has 0 radical (unpaired) electrons. The zero-order valence-electron chi connectivity index (χ0n) is 11.8. The lowest BCUT2D eigenvalue weighted by Crippen LogP contribution is -2.13. The molecule has 0 atom stereocenters. The number of carbonyl (C=O) groups excluding carboxylic acids is 1. The number of H-pyrrole nitrogens is 1. The van der Waals surface area contributed by atoms with Gasteiger partial charge in [0.05, 0.1) is 12.0 Å². The third-order valence-corrected chi connectivity index (χ3v) is 3.24. The number of aromatic amines is 1. The smallest absolute Gasteiger partial charge is 0.277 e. The Morgan fingerprint density at radius 3 is 2.71 bits per heavy atom. The maximum atomic E-state index is 12.1. The summed E-state index contributed by atoms with van der Waals surface area (Å²) in [5.41, 5.74) is 3.18. The molecule has 3 aromatic rings. The molecule has 0 saturated carbocycles. The van der Waals surface area contributed by atoms with Crippen LogP contribution in [0.15, 0.2) is 42.9 Å². The normalized spacial score (nSPS) is 10.6. The second-order valence-corrected chi connectivity index (χ2v) is 4.82. The van der Waals surface area contributed by atoms with Gasteiger partial charge >= 0.3 is 0 Å². The Hall–Kier alpha value is -2.89. The molecule has 1 amide bonds. The Morgan fingerprint density at radius 1 is 1.29 bits per heavy atom. The lowest BCUT2D eigenvalue weighted by molar-refractivity contribution is 0.102. The maximum Gasteiger partial charge on any atom is 0.277 e. The van der Waals surface area contributed by atoms with Crippen LogP contribution in [-0.2, 0) is 7.05 Å². The van der Waals surface area contributed by atoms with Crippen LogP contribution in [0.25, 0.3) is 11.3 Å². The highest BCUT2D eigenvalue weighted by Gasteiger charge is 2.15. The van der Waals surface area contributed by atoms with Crippen LogP contribution in [0.5, 0.6) is 0 Å². The van der Waals surface area contributed by atoms with E-state index in [0.717, 1.165) is 16.8 Å². The molecule has 106 valence electrons. The minimum atomic E-state index is -0.273. The van der Waals surface area contributed by atoms with Gasteiger partial charge in [0.1, 0.15) is 5.69 Å². The topological polar surface area (TPSA) is 75.6 Å². The van der Waals surface area contributed by atoms with Crippen molar-refractivity contribution in [2.75, 3.05) is 5.32 Å². The van der Waals surface area contributed by atoms with Crippen molar-refractivity contribution >= 4 is 11.7 Å². The predicted octanol–water partition coefficient (Wildman–Crippen LogP) is 2.37. The van der Waals surface area contributed by atoms with Crippen molar-refractivity contribution in [2.45, 2.75) is 6.92 Å². The quantitative estimate of drug-likeness (QED) is 0.774. The Balaban J connectivity index is 1.85. The van der Waals surface area contributed by atoms with Crippen LogP contribution in [-0.4, -0.2) is 25.7 Å². The van der Waals surface area contributed by atoms with Gasteiger partial charge < -0.3 is 9.88 Å². The van der Waals surface area contributed by atoms with E-state index in [-0.39, 0.29) is 5.91 Å². The number of hydrogen-bond acceptors (Lipinski definition) is 3. The number of aromatic nitrogens is 4. The summed E-state index contributed by atoms with van der Waals surface area (Å²) in [5.74, 6) is 0.245. The number of amides is 1. The average Bonchev–Trinajstić information content (AvgIpc) is 3.07. The summed E-state index contributed by atoms with van der Waals surface area (Å²) in [6, 6.07) is 9.86. The summed E-state index contributed by atoms with van der Waals surface area (Å²) in [7, 11) is 1.82. The maximum absolute atomic E-state index is 12.1. The van der Waals surface area contributed by atoms with Crippen LogP contribution < -0.4 is 5.32 Å². The molecule has 6 heteroatoms. The average molecular weight is 281 g/mol. The van der Waals surface area contributed by atoms with Gasteiger partial charge in [0.25, 0.3) is 5.91 Å². The van der Waals surface area contributed by atoms with Gasteiger partial charge in [-0.25, -0.2) is 4.98 Å². The minimum absolute atomic E-state index is 0.273.